The van der Waals surface area contributed by atoms with Gasteiger partial charge in [0.1, 0.15) is 11.9 Å². The average molecular weight is 287 g/mol. The van der Waals surface area contributed by atoms with Gasteiger partial charge in [-0.3, -0.25) is 4.79 Å². The largest absolute Gasteiger partial charge is 0.352 e. The van der Waals surface area contributed by atoms with Crippen LogP contribution in [0.4, 0.5) is 4.79 Å². The molecule has 0 radical (unpaired) electrons. The van der Waals surface area contributed by atoms with Crippen LogP contribution in [0.1, 0.15) is 30.4 Å². The summed E-state index contributed by atoms with van der Waals surface area (Å²) in [5.74, 6) is 0.276. The second-order valence-corrected chi connectivity index (χ2v) is 4.56. The molecule has 2 unspecified atom stereocenters. The molecule has 3 amide bonds. The number of hydrogen-bond donors (Lipinski definition) is 4. The zero-order valence-electron chi connectivity index (χ0n) is 11.5. The van der Waals surface area contributed by atoms with Crippen LogP contribution in [0.15, 0.2) is 42.7 Å². The van der Waals surface area contributed by atoms with Gasteiger partial charge in [-0.15, -0.1) is 0 Å². The molecule has 2 rings (SSSR count). The van der Waals surface area contributed by atoms with Crippen LogP contribution >= 0.6 is 0 Å². The highest BCUT2D eigenvalue weighted by atomic mass is 16.2. The highest BCUT2D eigenvalue weighted by molar-refractivity contribution is 5.87. The van der Waals surface area contributed by atoms with Gasteiger partial charge in [-0.2, -0.15) is 0 Å². The summed E-state index contributed by atoms with van der Waals surface area (Å²) in [6, 6.07) is 6.98. The van der Waals surface area contributed by atoms with E-state index in [9.17, 15) is 9.59 Å². The Labute approximate surface area is 122 Å². The number of imidazole rings is 1. The predicted octanol–water partition coefficient (Wildman–Crippen LogP) is 0.996. The second-order valence-electron chi connectivity index (χ2n) is 4.56. The molecule has 0 saturated heterocycles. The minimum Gasteiger partial charge on any atom is -0.352 e. The summed E-state index contributed by atoms with van der Waals surface area (Å²) in [5.41, 5.74) is 5.80. The molecule has 110 valence electrons. The van der Waals surface area contributed by atoms with Gasteiger partial charge < -0.3 is 21.4 Å². The number of hydrogen-bond acceptors (Lipinski definition) is 3. The molecule has 1 heterocycles. The van der Waals surface area contributed by atoms with Crippen molar-refractivity contribution in [1.29, 1.82) is 0 Å². The first-order valence-corrected chi connectivity index (χ1v) is 6.48. The number of urea groups is 1. The predicted molar refractivity (Wildman–Crippen MR) is 77.0 cm³/mol. The molecule has 0 saturated carbocycles. The van der Waals surface area contributed by atoms with Crippen LogP contribution in [0.3, 0.4) is 0 Å². The van der Waals surface area contributed by atoms with Gasteiger partial charge in [-0.1, -0.05) is 30.3 Å². The Hall–Kier alpha value is -2.83. The summed E-state index contributed by atoms with van der Waals surface area (Å²) in [5, 5.41) is 5.23. The molecule has 0 aliphatic heterocycles. The Morgan fingerprint density at radius 1 is 1.24 bits per heavy atom. The van der Waals surface area contributed by atoms with Crippen LogP contribution in [0, 0.1) is 0 Å². The lowest BCUT2D eigenvalue weighted by molar-refractivity contribution is -0.123. The number of benzene rings is 1. The van der Waals surface area contributed by atoms with E-state index in [0.29, 0.717) is 11.4 Å². The van der Waals surface area contributed by atoms with Crippen molar-refractivity contribution >= 4 is 11.9 Å². The smallest absolute Gasteiger partial charge is 0.313 e. The topological polar surface area (TPSA) is 113 Å². The molecule has 21 heavy (non-hydrogen) atoms. The van der Waals surface area contributed by atoms with Crippen molar-refractivity contribution in [2.75, 3.05) is 0 Å². The van der Waals surface area contributed by atoms with Crippen molar-refractivity contribution in [2.45, 2.75) is 19.0 Å². The van der Waals surface area contributed by atoms with Gasteiger partial charge in [-0.25, -0.2) is 9.78 Å². The number of aromatic amines is 1. The summed E-state index contributed by atoms with van der Waals surface area (Å²) >= 11 is 0. The first-order valence-electron chi connectivity index (χ1n) is 6.48. The molecule has 0 fully saturated rings. The van der Waals surface area contributed by atoms with Crippen molar-refractivity contribution < 1.29 is 9.59 Å². The summed E-state index contributed by atoms with van der Waals surface area (Å²) in [6.45, 7) is 1.79. The Bertz CT molecular complexity index is 597. The molecule has 0 spiro atoms. The number of primary amides is 1. The van der Waals surface area contributed by atoms with Gasteiger partial charge in [0.05, 0.1) is 6.04 Å². The van der Waals surface area contributed by atoms with E-state index in [1.165, 1.54) is 0 Å². The average Bonchev–Trinajstić information content (AvgIpc) is 2.99. The number of nitrogens with zero attached hydrogens (tertiary/aromatic N) is 1. The fourth-order valence-corrected chi connectivity index (χ4v) is 1.97. The molecule has 1 aromatic heterocycles. The van der Waals surface area contributed by atoms with Crippen molar-refractivity contribution in [2.24, 2.45) is 5.73 Å². The van der Waals surface area contributed by atoms with Crippen LogP contribution in [0.25, 0.3) is 0 Å². The minimum atomic E-state index is -0.846. The van der Waals surface area contributed by atoms with E-state index in [4.69, 9.17) is 5.73 Å². The molecule has 2 atom stereocenters. The van der Waals surface area contributed by atoms with Gasteiger partial charge in [0.25, 0.3) is 0 Å². The zero-order chi connectivity index (χ0) is 15.2. The number of amides is 3. The van der Waals surface area contributed by atoms with E-state index in [0.717, 1.165) is 0 Å². The van der Waals surface area contributed by atoms with Crippen molar-refractivity contribution in [3.05, 3.63) is 54.1 Å². The molecule has 0 bridgehead atoms. The van der Waals surface area contributed by atoms with E-state index in [1.54, 1.807) is 43.6 Å². The van der Waals surface area contributed by atoms with Crippen molar-refractivity contribution in [3.8, 4) is 0 Å². The lowest BCUT2D eigenvalue weighted by Crippen LogP contribution is -2.43. The zero-order valence-corrected chi connectivity index (χ0v) is 11.5. The van der Waals surface area contributed by atoms with Crippen LogP contribution in [-0.2, 0) is 4.79 Å². The highest BCUT2D eigenvalue weighted by Crippen LogP contribution is 2.15. The van der Waals surface area contributed by atoms with E-state index >= 15 is 0 Å². The molecular weight excluding hydrogens is 270 g/mol. The maximum Gasteiger partial charge on any atom is 0.313 e. The van der Waals surface area contributed by atoms with E-state index in [2.05, 4.69) is 20.6 Å². The third-order valence-corrected chi connectivity index (χ3v) is 2.97. The minimum absolute atomic E-state index is 0.312. The molecular formula is C14H17N5O2. The number of carbonyl (C=O) groups is 2. The van der Waals surface area contributed by atoms with Crippen LogP contribution in [-0.4, -0.2) is 21.9 Å². The number of nitrogens with two attached hydrogens (primary N) is 1. The summed E-state index contributed by atoms with van der Waals surface area (Å²) in [4.78, 5) is 30.5. The molecule has 0 aliphatic rings. The summed E-state index contributed by atoms with van der Waals surface area (Å²) < 4.78 is 0. The van der Waals surface area contributed by atoms with Crippen LogP contribution in [0.2, 0.25) is 0 Å². The lowest BCUT2D eigenvalue weighted by atomic mass is 10.1. The molecule has 0 aliphatic carbocycles. The Kier molecular flexibility index (Phi) is 4.55. The summed E-state index contributed by atoms with van der Waals surface area (Å²) in [7, 11) is 0. The highest BCUT2D eigenvalue weighted by Gasteiger charge is 2.23. The first kappa shape index (κ1) is 14.6. The third-order valence-electron chi connectivity index (χ3n) is 2.97. The van der Waals surface area contributed by atoms with Crippen LogP contribution in [0.5, 0.6) is 0 Å². The summed E-state index contributed by atoms with van der Waals surface area (Å²) in [6.07, 6.45) is 3.28. The Morgan fingerprint density at radius 3 is 2.52 bits per heavy atom. The maximum atomic E-state index is 12.4. The Morgan fingerprint density at radius 2 is 1.95 bits per heavy atom. The standard InChI is InChI=1S/C14H17N5O2/c1-9(12-16-7-8-17-12)18-13(20)11(19-14(15)21)10-5-3-2-4-6-10/h2-9,11H,1H3,(H,16,17)(H,18,20)(H3,15,19,21). The lowest BCUT2D eigenvalue weighted by Gasteiger charge is -2.20. The van der Waals surface area contributed by atoms with Crippen molar-refractivity contribution in [1.82, 2.24) is 20.6 Å². The number of carbonyl (C=O) groups excluding carboxylic acids is 2. The fourth-order valence-electron chi connectivity index (χ4n) is 1.97. The van der Waals surface area contributed by atoms with Gasteiger partial charge >= 0.3 is 6.03 Å². The van der Waals surface area contributed by atoms with Gasteiger partial charge in [0.15, 0.2) is 0 Å². The second kappa shape index (κ2) is 6.56. The number of nitrogens with one attached hydrogen (secondary N) is 3. The first-order chi connectivity index (χ1) is 10.1. The number of aromatic nitrogens is 2. The normalized spacial score (nSPS) is 13.2. The van der Waals surface area contributed by atoms with Crippen LogP contribution < -0.4 is 16.4 Å². The number of H-pyrrole nitrogens is 1. The molecule has 2 aromatic rings. The number of rotatable bonds is 5. The fraction of sp³-hybridized carbons (Fsp3) is 0.214. The molecule has 7 heteroatoms. The van der Waals surface area contributed by atoms with E-state index < -0.39 is 12.1 Å². The third kappa shape index (κ3) is 3.82. The molecule has 1 aromatic carbocycles. The van der Waals surface area contributed by atoms with Gasteiger partial charge in [0, 0.05) is 12.4 Å². The van der Waals surface area contributed by atoms with E-state index in [-0.39, 0.29) is 11.9 Å². The molecule has 7 nitrogen and oxygen atoms in total. The van der Waals surface area contributed by atoms with Gasteiger partial charge in [-0.05, 0) is 12.5 Å². The SMILES string of the molecule is CC(NC(=O)C(NC(N)=O)c1ccccc1)c1ncc[nH]1. The monoisotopic (exact) mass is 287 g/mol. The molecule has 5 N–H and O–H groups in total. The van der Waals surface area contributed by atoms with E-state index in [1.807, 2.05) is 6.07 Å². The van der Waals surface area contributed by atoms with Crippen molar-refractivity contribution in [3.63, 3.8) is 0 Å². The maximum absolute atomic E-state index is 12.4. The quantitative estimate of drug-likeness (QED) is 0.657. The Balaban J connectivity index is 2.13. The van der Waals surface area contributed by atoms with Gasteiger partial charge in [0.2, 0.25) is 5.91 Å².